The lowest BCUT2D eigenvalue weighted by Gasteiger charge is -2.20. The third-order valence-corrected chi connectivity index (χ3v) is 6.09. The zero-order chi connectivity index (χ0) is 24.9. The maximum Gasteiger partial charge on any atom is 0.239 e. The number of halogens is 1. The van der Waals surface area contributed by atoms with Gasteiger partial charge in [-0.05, 0) is 37.1 Å². The van der Waals surface area contributed by atoms with Crippen LogP contribution in [0.5, 0.6) is 0 Å². The Balaban J connectivity index is 2.61. The van der Waals surface area contributed by atoms with Gasteiger partial charge in [0.2, 0.25) is 16.0 Å². The first-order valence-corrected chi connectivity index (χ1v) is 12.3. The lowest BCUT2D eigenvalue weighted by molar-refractivity contribution is -0.119. The van der Waals surface area contributed by atoms with Crippen LogP contribution in [0.4, 0.5) is 10.3 Å². The number of carbonyl (C=O) groups excluding carboxylic acids is 1. The number of carbonyl (C=O) groups is 1. The summed E-state index contributed by atoms with van der Waals surface area (Å²) < 4.78 is 38.7. The van der Waals surface area contributed by atoms with Crippen molar-refractivity contribution in [2.75, 3.05) is 17.6 Å². The Morgan fingerprint density at radius 3 is 2.30 bits per heavy atom. The molecule has 0 saturated heterocycles. The van der Waals surface area contributed by atoms with Gasteiger partial charge in [-0.15, -0.1) is 0 Å². The number of ketones is 1. The van der Waals surface area contributed by atoms with Gasteiger partial charge in [-0.25, -0.2) is 27.1 Å². The molecule has 2 aromatic rings. The predicted molar refractivity (Wildman–Crippen MR) is 126 cm³/mol. The Bertz CT molecular complexity index is 1120. The van der Waals surface area contributed by atoms with Crippen LogP contribution < -0.4 is 4.31 Å². The van der Waals surface area contributed by atoms with Gasteiger partial charge in [-0.1, -0.05) is 26.0 Å². The molecule has 0 bridgehead atoms. The fourth-order valence-corrected chi connectivity index (χ4v) is 3.55. The average molecular weight is 480 g/mol. The third kappa shape index (κ3) is 7.41. The van der Waals surface area contributed by atoms with E-state index in [0.717, 1.165) is 10.6 Å². The number of anilines is 1. The number of rotatable bonds is 10. The van der Waals surface area contributed by atoms with Crippen molar-refractivity contribution >= 4 is 27.8 Å². The summed E-state index contributed by atoms with van der Waals surface area (Å²) in [6, 6.07) is 5.59. The molecule has 2 atom stereocenters. The van der Waals surface area contributed by atoms with Crippen LogP contribution in [0.15, 0.2) is 30.3 Å². The van der Waals surface area contributed by atoms with E-state index in [0.29, 0.717) is 22.5 Å². The largest absolute Gasteiger partial charge is 0.393 e. The molecule has 8 nitrogen and oxygen atoms in total. The van der Waals surface area contributed by atoms with Gasteiger partial charge in [0.15, 0.2) is 0 Å². The maximum atomic E-state index is 13.5. The fourth-order valence-electron chi connectivity index (χ4n) is 3.18. The van der Waals surface area contributed by atoms with Gasteiger partial charge < -0.3 is 10.2 Å². The molecule has 2 rings (SSSR count). The van der Waals surface area contributed by atoms with Crippen LogP contribution >= 0.6 is 0 Å². The molecule has 0 amide bonds. The van der Waals surface area contributed by atoms with Crippen LogP contribution in [0.25, 0.3) is 17.3 Å². The molecular weight excluding hydrogens is 449 g/mol. The molecule has 0 saturated carbocycles. The van der Waals surface area contributed by atoms with Gasteiger partial charge in [-0.3, -0.25) is 4.79 Å². The SMILES string of the molecule is CC(=O)C[C@H](O)C[C@@H](O)/C=C/c1c(-c2ccc(F)cc2)nc(N(C)S(C)(=O)=O)nc1C(C)C. The average Bonchev–Trinajstić information content (AvgIpc) is 2.70. The molecule has 0 unspecified atom stereocenters. The summed E-state index contributed by atoms with van der Waals surface area (Å²) in [7, 11) is -2.28. The quantitative estimate of drug-likeness (QED) is 0.537. The number of sulfonamides is 1. The summed E-state index contributed by atoms with van der Waals surface area (Å²) >= 11 is 0. The molecule has 1 aromatic carbocycles. The Morgan fingerprint density at radius 2 is 1.79 bits per heavy atom. The first-order chi connectivity index (χ1) is 15.3. The highest BCUT2D eigenvalue weighted by Gasteiger charge is 2.22. The Morgan fingerprint density at radius 1 is 1.18 bits per heavy atom. The van der Waals surface area contributed by atoms with Crippen LogP contribution in [0.3, 0.4) is 0 Å². The second-order valence-electron chi connectivity index (χ2n) is 8.29. The second kappa shape index (κ2) is 11.0. The number of benzene rings is 1. The minimum absolute atomic E-state index is 0.0323. The zero-order valence-corrected chi connectivity index (χ0v) is 20.2. The Labute approximate surface area is 193 Å². The number of hydrogen-bond donors (Lipinski definition) is 2. The number of hydrogen-bond acceptors (Lipinski definition) is 7. The van der Waals surface area contributed by atoms with Crippen molar-refractivity contribution in [2.24, 2.45) is 0 Å². The highest BCUT2D eigenvalue weighted by Crippen LogP contribution is 2.31. The van der Waals surface area contributed by atoms with Gasteiger partial charge in [0.25, 0.3) is 0 Å². The maximum absolute atomic E-state index is 13.5. The molecule has 0 spiro atoms. The fraction of sp³-hybridized carbons (Fsp3) is 0.435. The van der Waals surface area contributed by atoms with E-state index < -0.39 is 28.0 Å². The summed E-state index contributed by atoms with van der Waals surface area (Å²) in [6.45, 7) is 5.12. The molecule has 10 heteroatoms. The van der Waals surface area contributed by atoms with Crippen LogP contribution in [-0.2, 0) is 14.8 Å². The third-order valence-electron chi connectivity index (χ3n) is 4.93. The zero-order valence-electron chi connectivity index (χ0n) is 19.4. The van der Waals surface area contributed by atoms with Crippen LogP contribution in [-0.4, -0.2) is 59.9 Å². The minimum Gasteiger partial charge on any atom is -0.393 e. The summed E-state index contributed by atoms with van der Waals surface area (Å²) in [4.78, 5) is 20.1. The van der Waals surface area contributed by atoms with Crippen LogP contribution in [0, 0.1) is 5.82 Å². The molecule has 2 N–H and O–H groups in total. The summed E-state index contributed by atoms with van der Waals surface area (Å²) in [5, 5.41) is 20.3. The van der Waals surface area contributed by atoms with E-state index in [2.05, 4.69) is 9.97 Å². The molecule has 0 aliphatic carbocycles. The number of aromatic nitrogens is 2. The van der Waals surface area contributed by atoms with Gasteiger partial charge in [0.1, 0.15) is 11.6 Å². The first-order valence-electron chi connectivity index (χ1n) is 10.4. The normalized spacial score (nSPS) is 14.0. The van der Waals surface area contributed by atoms with Gasteiger partial charge in [-0.2, -0.15) is 0 Å². The van der Waals surface area contributed by atoms with Gasteiger partial charge in [0.05, 0.1) is 29.9 Å². The van der Waals surface area contributed by atoms with Gasteiger partial charge >= 0.3 is 0 Å². The molecule has 1 aromatic heterocycles. The van der Waals surface area contributed by atoms with Crippen molar-refractivity contribution in [1.29, 1.82) is 0 Å². The predicted octanol–water partition coefficient (Wildman–Crippen LogP) is 2.91. The van der Waals surface area contributed by atoms with Crippen molar-refractivity contribution in [1.82, 2.24) is 9.97 Å². The van der Waals surface area contributed by atoms with Crippen molar-refractivity contribution in [3.05, 3.63) is 47.4 Å². The number of nitrogens with zero attached hydrogens (tertiary/aromatic N) is 3. The Hall–Kier alpha value is -2.69. The smallest absolute Gasteiger partial charge is 0.239 e. The van der Waals surface area contributed by atoms with Gasteiger partial charge in [0, 0.05) is 31.0 Å². The molecule has 0 aliphatic heterocycles. The van der Waals surface area contributed by atoms with Crippen molar-refractivity contribution in [3.63, 3.8) is 0 Å². The standard InChI is InChI=1S/C23H30FN3O5S/c1-14(2)21-20(11-10-18(29)13-19(30)12-15(3)28)22(16-6-8-17(24)9-7-16)26-23(25-21)27(4)33(5,31)32/h6-11,14,18-19,29-30H,12-13H2,1-5H3/b11-10+/t18-,19-/m0/s1. The molecule has 180 valence electrons. The number of aliphatic hydroxyl groups excluding tert-OH is 2. The van der Waals surface area contributed by atoms with E-state index in [1.807, 2.05) is 13.8 Å². The monoisotopic (exact) mass is 479 g/mol. The van der Waals surface area contributed by atoms with Crippen molar-refractivity contribution in [2.45, 2.75) is 51.7 Å². The molecule has 0 fully saturated rings. The van der Waals surface area contributed by atoms with Crippen molar-refractivity contribution < 1.29 is 27.8 Å². The van der Waals surface area contributed by atoms with E-state index >= 15 is 0 Å². The van der Waals surface area contributed by atoms with Crippen LogP contribution in [0.1, 0.15) is 50.8 Å². The number of Topliss-reactive ketones (excluding diaryl/α,β-unsaturated/α-hetero) is 1. The topological polar surface area (TPSA) is 121 Å². The molecule has 0 aliphatic rings. The minimum atomic E-state index is -3.63. The number of aliphatic hydroxyl groups is 2. The highest BCUT2D eigenvalue weighted by molar-refractivity contribution is 7.92. The van der Waals surface area contributed by atoms with E-state index in [1.54, 1.807) is 6.08 Å². The summed E-state index contributed by atoms with van der Waals surface area (Å²) in [6.07, 6.45) is 1.99. The summed E-state index contributed by atoms with van der Waals surface area (Å²) in [5.41, 5.74) is 1.96. The molecule has 33 heavy (non-hydrogen) atoms. The van der Waals surface area contributed by atoms with E-state index in [1.165, 1.54) is 44.3 Å². The molecule has 1 heterocycles. The van der Waals surface area contributed by atoms with E-state index in [-0.39, 0.29) is 30.5 Å². The van der Waals surface area contributed by atoms with E-state index in [4.69, 9.17) is 0 Å². The first kappa shape index (κ1) is 26.6. The molecule has 0 radical (unpaired) electrons. The summed E-state index contributed by atoms with van der Waals surface area (Å²) in [5.74, 6) is -0.787. The van der Waals surface area contributed by atoms with E-state index in [9.17, 15) is 27.8 Å². The molecular formula is C23H30FN3O5S. The highest BCUT2D eigenvalue weighted by atomic mass is 32.2. The van der Waals surface area contributed by atoms with Crippen LogP contribution in [0.2, 0.25) is 0 Å². The lowest BCUT2D eigenvalue weighted by Crippen LogP contribution is -2.27. The second-order valence-corrected chi connectivity index (χ2v) is 10.3. The Kier molecular flexibility index (Phi) is 8.82. The lowest BCUT2D eigenvalue weighted by atomic mass is 9.97. The van der Waals surface area contributed by atoms with Crippen molar-refractivity contribution in [3.8, 4) is 11.3 Å².